The van der Waals surface area contributed by atoms with Gasteiger partial charge in [-0.05, 0) is 66.9 Å². The summed E-state index contributed by atoms with van der Waals surface area (Å²) in [5, 5.41) is 2.77. The van der Waals surface area contributed by atoms with Crippen molar-refractivity contribution in [2.75, 3.05) is 23.7 Å². The Morgan fingerprint density at radius 3 is 2.26 bits per heavy atom. The van der Waals surface area contributed by atoms with Crippen LogP contribution in [-0.2, 0) is 16.6 Å². The Balaban J connectivity index is 1.58. The number of amides is 1. The van der Waals surface area contributed by atoms with Crippen molar-refractivity contribution < 1.29 is 26.7 Å². The predicted molar refractivity (Wildman–Crippen MR) is 128 cm³/mol. The van der Waals surface area contributed by atoms with Gasteiger partial charge in [-0.3, -0.25) is 9.10 Å². The molecule has 180 valence electrons. The minimum absolute atomic E-state index is 0.00647. The van der Waals surface area contributed by atoms with Gasteiger partial charge in [-0.15, -0.1) is 0 Å². The third kappa shape index (κ3) is 6.54. The van der Waals surface area contributed by atoms with Gasteiger partial charge < -0.3 is 10.1 Å². The molecule has 1 amide bonds. The van der Waals surface area contributed by atoms with Crippen LogP contribution in [0, 0.1) is 25.5 Å². The normalized spacial score (nSPS) is 11.2. The monoisotopic (exact) mass is 488 g/mol. The first-order valence-corrected chi connectivity index (χ1v) is 12.4. The second kappa shape index (κ2) is 10.6. The van der Waals surface area contributed by atoms with E-state index in [-0.39, 0.29) is 18.1 Å². The molecule has 0 aliphatic carbocycles. The molecule has 34 heavy (non-hydrogen) atoms. The zero-order valence-corrected chi connectivity index (χ0v) is 20.0. The number of anilines is 1. The Bertz CT molecular complexity index is 1280. The third-order valence-electron chi connectivity index (χ3n) is 5.27. The van der Waals surface area contributed by atoms with Gasteiger partial charge in [-0.25, -0.2) is 17.2 Å². The van der Waals surface area contributed by atoms with Gasteiger partial charge in [0.05, 0.1) is 25.0 Å². The Morgan fingerprint density at radius 1 is 0.941 bits per heavy atom. The number of halogens is 2. The van der Waals surface area contributed by atoms with Gasteiger partial charge in [0.2, 0.25) is 10.0 Å². The molecule has 0 atom stereocenters. The van der Waals surface area contributed by atoms with Crippen molar-refractivity contribution in [1.82, 2.24) is 5.32 Å². The van der Waals surface area contributed by atoms with Crippen LogP contribution in [0.15, 0.2) is 60.7 Å². The maximum atomic E-state index is 13.6. The number of benzene rings is 3. The summed E-state index contributed by atoms with van der Waals surface area (Å²) in [7, 11) is -3.76. The summed E-state index contributed by atoms with van der Waals surface area (Å²) in [5.41, 5.74) is 3.28. The van der Waals surface area contributed by atoms with E-state index in [0.29, 0.717) is 24.3 Å². The molecular weight excluding hydrogens is 462 g/mol. The number of carbonyl (C=O) groups is 1. The molecule has 9 heteroatoms. The summed E-state index contributed by atoms with van der Waals surface area (Å²) in [6, 6.07) is 15.1. The average molecular weight is 489 g/mol. The van der Waals surface area contributed by atoms with Crippen LogP contribution in [0.25, 0.3) is 0 Å². The standard InChI is InChI=1S/C25H26F2N2O4S/c1-17-4-10-22(14-18(17)2)33-13-12-28-25(30)20-7-5-19(6-8-20)16-29(34(3,31)32)21-9-11-23(26)24(27)15-21/h4-11,14-15H,12-13,16H2,1-3H3,(H,28,30). The molecule has 0 unspecified atom stereocenters. The van der Waals surface area contributed by atoms with Crippen molar-refractivity contribution in [3.05, 3.63) is 94.6 Å². The Labute approximate surface area is 198 Å². The predicted octanol–water partition coefficient (Wildman–Crippen LogP) is 4.36. The van der Waals surface area contributed by atoms with Crippen molar-refractivity contribution in [1.29, 1.82) is 0 Å². The molecular formula is C25H26F2N2O4S. The van der Waals surface area contributed by atoms with Gasteiger partial charge in [-0.2, -0.15) is 0 Å². The molecule has 3 aromatic carbocycles. The van der Waals surface area contributed by atoms with E-state index < -0.39 is 21.7 Å². The molecule has 0 spiro atoms. The Kier molecular flexibility index (Phi) is 7.88. The van der Waals surface area contributed by atoms with Crippen LogP contribution in [0.4, 0.5) is 14.5 Å². The lowest BCUT2D eigenvalue weighted by atomic mass is 10.1. The van der Waals surface area contributed by atoms with Gasteiger partial charge in [0.25, 0.3) is 5.91 Å². The highest BCUT2D eigenvalue weighted by Gasteiger charge is 2.19. The number of hydrogen-bond acceptors (Lipinski definition) is 4. The maximum absolute atomic E-state index is 13.6. The lowest BCUT2D eigenvalue weighted by Gasteiger charge is -2.22. The van der Waals surface area contributed by atoms with Crippen LogP contribution in [-0.4, -0.2) is 33.7 Å². The summed E-state index contributed by atoms with van der Waals surface area (Å²) in [6.45, 7) is 4.54. The lowest BCUT2D eigenvalue weighted by molar-refractivity contribution is 0.0947. The van der Waals surface area contributed by atoms with E-state index >= 15 is 0 Å². The molecule has 1 N–H and O–H groups in total. The molecule has 6 nitrogen and oxygen atoms in total. The van der Waals surface area contributed by atoms with E-state index in [0.717, 1.165) is 34.0 Å². The van der Waals surface area contributed by atoms with E-state index in [1.54, 1.807) is 24.3 Å². The van der Waals surface area contributed by atoms with Crippen LogP contribution in [0.5, 0.6) is 5.75 Å². The van der Waals surface area contributed by atoms with Crippen molar-refractivity contribution in [2.24, 2.45) is 0 Å². The Morgan fingerprint density at radius 2 is 1.65 bits per heavy atom. The van der Waals surface area contributed by atoms with Gasteiger partial charge >= 0.3 is 0 Å². The number of carbonyl (C=O) groups excluding carboxylic acids is 1. The second-order valence-electron chi connectivity index (χ2n) is 7.92. The van der Waals surface area contributed by atoms with Crippen LogP contribution in [0.1, 0.15) is 27.0 Å². The highest BCUT2D eigenvalue weighted by molar-refractivity contribution is 7.92. The zero-order valence-electron chi connectivity index (χ0n) is 19.1. The van der Waals surface area contributed by atoms with Crippen molar-refractivity contribution in [3.63, 3.8) is 0 Å². The van der Waals surface area contributed by atoms with E-state index in [1.165, 1.54) is 11.6 Å². The number of ether oxygens (including phenoxy) is 1. The van der Waals surface area contributed by atoms with Crippen LogP contribution in [0.2, 0.25) is 0 Å². The number of rotatable bonds is 9. The first kappa shape index (κ1) is 25.2. The quantitative estimate of drug-likeness (QED) is 0.454. The molecule has 0 saturated carbocycles. The maximum Gasteiger partial charge on any atom is 0.251 e. The smallest absolute Gasteiger partial charge is 0.251 e. The number of hydrogen-bond donors (Lipinski definition) is 1. The highest BCUT2D eigenvalue weighted by atomic mass is 32.2. The first-order chi connectivity index (χ1) is 16.0. The zero-order chi connectivity index (χ0) is 24.9. The van der Waals surface area contributed by atoms with Crippen LogP contribution >= 0.6 is 0 Å². The highest BCUT2D eigenvalue weighted by Crippen LogP contribution is 2.23. The number of aryl methyl sites for hydroxylation is 2. The molecule has 0 heterocycles. The minimum atomic E-state index is -3.76. The fourth-order valence-electron chi connectivity index (χ4n) is 3.21. The van der Waals surface area contributed by atoms with Gasteiger partial charge in [-0.1, -0.05) is 18.2 Å². The molecule has 0 aliphatic heterocycles. The molecule has 3 rings (SSSR count). The second-order valence-corrected chi connectivity index (χ2v) is 9.82. The molecule has 0 aliphatic rings. The minimum Gasteiger partial charge on any atom is -0.492 e. The number of nitrogens with one attached hydrogen (secondary N) is 1. The average Bonchev–Trinajstić information content (AvgIpc) is 2.79. The van der Waals surface area contributed by atoms with E-state index in [9.17, 15) is 22.0 Å². The molecule has 0 aromatic heterocycles. The van der Waals surface area contributed by atoms with Crippen molar-refractivity contribution in [3.8, 4) is 5.75 Å². The SMILES string of the molecule is Cc1ccc(OCCNC(=O)c2ccc(CN(c3ccc(F)c(F)c3)S(C)(=O)=O)cc2)cc1C. The largest absolute Gasteiger partial charge is 0.492 e. The van der Waals surface area contributed by atoms with Crippen LogP contribution in [0.3, 0.4) is 0 Å². The van der Waals surface area contributed by atoms with Gasteiger partial charge in [0.1, 0.15) is 12.4 Å². The number of nitrogens with zero attached hydrogens (tertiary/aromatic N) is 1. The molecule has 0 radical (unpaired) electrons. The Hall–Kier alpha value is -3.46. The molecule has 3 aromatic rings. The molecule has 0 bridgehead atoms. The van der Waals surface area contributed by atoms with Crippen molar-refractivity contribution in [2.45, 2.75) is 20.4 Å². The summed E-state index contributed by atoms with van der Waals surface area (Å²) in [5.74, 6) is -1.76. The topological polar surface area (TPSA) is 75.7 Å². The van der Waals surface area contributed by atoms with Gasteiger partial charge in [0.15, 0.2) is 11.6 Å². The third-order valence-corrected chi connectivity index (χ3v) is 6.41. The van der Waals surface area contributed by atoms with Crippen LogP contribution < -0.4 is 14.4 Å². The summed E-state index contributed by atoms with van der Waals surface area (Å²) in [6.07, 6.45) is 0.982. The first-order valence-electron chi connectivity index (χ1n) is 10.5. The molecule has 0 saturated heterocycles. The fourth-order valence-corrected chi connectivity index (χ4v) is 4.09. The summed E-state index contributed by atoms with van der Waals surface area (Å²) >= 11 is 0. The van der Waals surface area contributed by atoms with Crippen molar-refractivity contribution >= 4 is 21.6 Å². The fraction of sp³-hybridized carbons (Fsp3) is 0.240. The summed E-state index contributed by atoms with van der Waals surface area (Å²) < 4.78 is 57.9. The lowest BCUT2D eigenvalue weighted by Crippen LogP contribution is -2.30. The van der Waals surface area contributed by atoms with Gasteiger partial charge in [0, 0.05) is 11.6 Å². The molecule has 0 fully saturated rings. The van der Waals surface area contributed by atoms with E-state index in [2.05, 4.69) is 5.32 Å². The van der Waals surface area contributed by atoms with E-state index in [1.807, 2.05) is 32.0 Å². The van der Waals surface area contributed by atoms with E-state index in [4.69, 9.17) is 4.74 Å². The number of sulfonamides is 1. The summed E-state index contributed by atoms with van der Waals surface area (Å²) in [4.78, 5) is 12.4.